The summed E-state index contributed by atoms with van der Waals surface area (Å²) in [7, 11) is 3.09. The number of aliphatic hydroxyl groups is 1. The van der Waals surface area contributed by atoms with Gasteiger partial charge in [0.2, 0.25) is 0 Å². The molecule has 1 saturated heterocycles. The van der Waals surface area contributed by atoms with Crippen molar-refractivity contribution in [3.8, 4) is 17.2 Å². The molecular formula is C32H32N2O6S. The number of nitrogens with zero attached hydrogens (tertiary/aromatic N) is 2. The van der Waals surface area contributed by atoms with E-state index in [4.69, 9.17) is 19.2 Å². The maximum atomic E-state index is 13.7. The minimum Gasteiger partial charge on any atom is -0.507 e. The van der Waals surface area contributed by atoms with Crippen molar-refractivity contribution in [3.05, 3.63) is 82.4 Å². The Labute approximate surface area is 242 Å². The first-order chi connectivity index (χ1) is 19.8. The number of methoxy groups -OCH3 is 2. The first-order valence-electron chi connectivity index (χ1n) is 13.4. The van der Waals surface area contributed by atoms with E-state index in [1.807, 2.05) is 26.0 Å². The quantitative estimate of drug-likeness (QED) is 0.103. The monoisotopic (exact) mass is 572 g/mol. The number of hydrogen-bond acceptors (Lipinski definition) is 8. The maximum Gasteiger partial charge on any atom is 0.301 e. The number of fused-ring (bicyclic) bond motifs is 1. The van der Waals surface area contributed by atoms with Gasteiger partial charge in [-0.3, -0.25) is 14.5 Å². The summed E-state index contributed by atoms with van der Waals surface area (Å²) in [5.41, 5.74) is 3.75. The molecule has 1 aliphatic rings. The predicted molar refractivity (Wildman–Crippen MR) is 160 cm³/mol. The van der Waals surface area contributed by atoms with Crippen molar-refractivity contribution < 1.29 is 28.9 Å². The molecule has 0 saturated carbocycles. The molecule has 0 bridgehead atoms. The molecule has 8 nitrogen and oxygen atoms in total. The van der Waals surface area contributed by atoms with Crippen molar-refractivity contribution in [2.24, 2.45) is 0 Å². The Balaban J connectivity index is 1.69. The number of thiazole rings is 1. The highest BCUT2D eigenvalue weighted by molar-refractivity contribution is 7.22. The summed E-state index contributed by atoms with van der Waals surface area (Å²) in [6.07, 6.45) is 1.88. The van der Waals surface area contributed by atoms with Gasteiger partial charge in [0.25, 0.3) is 5.78 Å². The van der Waals surface area contributed by atoms with Gasteiger partial charge in [0.05, 0.1) is 42.7 Å². The van der Waals surface area contributed by atoms with E-state index < -0.39 is 17.7 Å². The third kappa shape index (κ3) is 5.25. The van der Waals surface area contributed by atoms with Crippen LogP contribution < -0.4 is 19.1 Å². The molecule has 5 rings (SSSR count). The number of unbranched alkanes of at least 4 members (excludes halogenated alkanes) is 1. The van der Waals surface area contributed by atoms with E-state index in [0.717, 1.165) is 34.2 Å². The number of anilines is 1. The molecule has 1 unspecified atom stereocenters. The third-order valence-corrected chi connectivity index (χ3v) is 8.09. The summed E-state index contributed by atoms with van der Waals surface area (Å²) in [4.78, 5) is 33.5. The van der Waals surface area contributed by atoms with Crippen molar-refractivity contribution >= 4 is 44.1 Å². The molecule has 9 heteroatoms. The molecule has 1 atom stereocenters. The van der Waals surface area contributed by atoms with Gasteiger partial charge < -0.3 is 19.3 Å². The molecule has 0 radical (unpaired) electrons. The topological polar surface area (TPSA) is 98.2 Å². The third-order valence-electron chi connectivity index (χ3n) is 7.09. The lowest BCUT2D eigenvalue weighted by atomic mass is 9.95. The van der Waals surface area contributed by atoms with Crippen LogP contribution in [-0.2, 0) is 9.59 Å². The van der Waals surface area contributed by atoms with Crippen molar-refractivity contribution in [3.63, 3.8) is 0 Å². The van der Waals surface area contributed by atoms with Crippen molar-refractivity contribution in [2.45, 2.75) is 39.7 Å². The molecule has 1 amide bonds. The van der Waals surface area contributed by atoms with E-state index in [9.17, 15) is 14.7 Å². The standard InChI is InChI=1S/C32H32N2O6S/c1-6-7-14-40-23-13-10-21(17-24(23)39-5)28-26(29(35)20-8-11-22(38-4)12-9-20)30(36)31(37)34(28)32-33-27-19(3)15-18(2)16-25(27)41-32/h8-13,15-17,28,35H,6-7,14H2,1-5H3. The minimum absolute atomic E-state index is 0.0333. The van der Waals surface area contributed by atoms with Crippen LogP contribution >= 0.6 is 11.3 Å². The number of aliphatic hydroxyl groups excluding tert-OH is 1. The maximum absolute atomic E-state index is 13.7. The normalized spacial score (nSPS) is 16.4. The lowest BCUT2D eigenvalue weighted by Gasteiger charge is -2.24. The number of ether oxygens (including phenoxy) is 3. The van der Waals surface area contributed by atoms with Gasteiger partial charge in [0.1, 0.15) is 11.5 Å². The van der Waals surface area contributed by atoms with Gasteiger partial charge in [-0.2, -0.15) is 0 Å². The first kappa shape index (κ1) is 28.2. The second kappa shape index (κ2) is 11.6. The highest BCUT2D eigenvalue weighted by Gasteiger charge is 2.48. The second-order valence-electron chi connectivity index (χ2n) is 9.93. The number of benzene rings is 3. The molecule has 1 fully saturated rings. The average Bonchev–Trinajstić information content (AvgIpc) is 3.51. The zero-order valence-corrected chi connectivity index (χ0v) is 24.5. The summed E-state index contributed by atoms with van der Waals surface area (Å²) >= 11 is 1.33. The first-order valence-corrected chi connectivity index (χ1v) is 14.2. The number of rotatable bonds is 9. The summed E-state index contributed by atoms with van der Waals surface area (Å²) in [5, 5.41) is 11.9. The zero-order chi connectivity index (χ0) is 29.3. The fourth-order valence-electron chi connectivity index (χ4n) is 5.01. The largest absolute Gasteiger partial charge is 0.507 e. The molecule has 1 N–H and O–H groups in total. The molecule has 1 aliphatic heterocycles. The van der Waals surface area contributed by atoms with E-state index >= 15 is 0 Å². The molecule has 212 valence electrons. The Bertz CT molecular complexity index is 1660. The SMILES string of the molecule is CCCCOc1ccc(C2C(=C(O)c3ccc(OC)cc3)C(=O)C(=O)N2c2nc3c(C)cc(C)cc3s2)cc1OC. The van der Waals surface area contributed by atoms with E-state index in [0.29, 0.717) is 40.1 Å². The molecule has 2 heterocycles. The number of aromatic nitrogens is 1. The fraction of sp³-hybridized carbons (Fsp3) is 0.281. The Kier molecular flexibility index (Phi) is 7.99. The summed E-state index contributed by atoms with van der Waals surface area (Å²) in [6, 6.07) is 15.1. The number of carbonyl (C=O) groups is 2. The van der Waals surface area contributed by atoms with Gasteiger partial charge in [0.15, 0.2) is 16.6 Å². The van der Waals surface area contributed by atoms with E-state index in [2.05, 4.69) is 6.92 Å². The molecule has 1 aromatic heterocycles. The molecule has 0 aliphatic carbocycles. The van der Waals surface area contributed by atoms with Crippen LogP contribution in [0.5, 0.6) is 17.2 Å². The highest BCUT2D eigenvalue weighted by atomic mass is 32.1. The fourth-order valence-corrected chi connectivity index (χ4v) is 6.18. The number of aryl methyl sites for hydroxylation is 2. The van der Waals surface area contributed by atoms with Crippen molar-refractivity contribution in [1.29, 1.82) is 0 Å². The van der Waals surface area contributed by atoms with Crippen LogP contribution in [0, 0.1) is 13.8 Å². The van der Waals surface area contributed by atoms with Crippen LogP contribution in [-0.4, -0.2) is 42.6 Å². The second-order valence-corrected chi connectivity index (χ2v) is 10.9. The lowest BCUT2D eigenvalue weighted by Crippen LogP contribution is -2.29. The molecule has 41 heavy (non-hydrogen) atoms. The number of hydrogen-bond donors (Lipinski definition) is 1. The van der Waals surface area contributed by atoms with Gasteiger partial charge in [-0.15, -0.1) is 0 Å². The van der Waals surface area contributed by atoms with Gasteiger partial charge in [-0.25, -0.2) is 4.98 Å². The van der Waals surface area contributed by atoms with E-state index in [1.165, 1.54) is 16.2 Å². The number of ketones is 1. The van der Waals surface area contributed by atoms with Crippen LogP contribution in [0.3, 0.4) is 0 Å². The lowest BCUT2D eigenvalue weighted by molar-refractivity contribution is -0.132. The predicted octanol–water partition coefficient (Wildman–Crippen LogP) is 6.74. The van der Waals surface area contributed by atoms with E-state index in [-0.39, 0.29) is 11.3 Å². The van der Waals surface area contributed by atoms with Gasteiger partial charge in [-0.05, 0) is 79.4 Å². The van der Waals surface area contributed by atoms with Crippen molar-refractivity contribution in [1.82, 2.24) is 4.98 Å². The average molecular weight is 573 g/mol. The summed E-state index contributed by atoms with van der Waals surface area (Å²) in [6.45, 7) is 6.59. The number of Topliss-reactive ketones (excluding diaryl/α,β-unsaturated/α-hetero) is 1. The highest BCUT2D eigenvalue weighted by Crippen LogP contribution is 2.46. The van der Waals surface area contributed by atoms with Crippen LogP contribution in [0.15, 0.2) is 60.2 Å². The van der Waals surface area contributed by atoms with Gasteiger partial charge >= 0.3 is 5.91 Å². The molecule has 0 spiro atoms. The molecular weight excluding hydrogens is 540 g/mol. The summed E-state index contributed by atoms with van der Waals surface area (Å²) in [5.74, 6) is -0.221. The number of carbonyl (C=O) groups excluding carboxylic acids is 2. The Morgan fingerprint density at radius 2 is 1.76 bits per heavy atom. The van der Waals surface area contributed by atoms with Gasteiger partial charge in [0, 0.05) is 5.56 Å². The smallest absolute Gasteiger partial charge is 0.301 e. The Morgan fingerprint density at radius 1 is 1.00 bits per heavy atom. The molecule has 3 aromatic carbocycles. The zero-order valence-electron chi connectivity index (χ0n) is 23.7. The van der Waals surface area contributed by atoms with Gasteiger partial charge in [-0.1, -0.05) is 36.8 Å². The molecule has 4 aromatic rings. The number of amides is 1. The van der Waals surface area contributed by atoms with Crippen LogP contribution in [0.4, 0.5) is 5.13 Å². The Morgan fingerprint density at radius 3 is 2.44 bits per heavy atom. The van der Waals surface area contributed by atoms with Crippen LogP contribution in [0.25, 0.3) is 16.0 Å². The minimum atomic E-state index is -0.947. The van der Waals surface area contributed by atoms with Crippen LogP contribution in [0.1, 0.15) is 48.1 Å². The summed E-state index contributed by atoms with van der Waals surface area (Å²) < 4.78 is 17.7. The van der Waals surface area contributed by atoms with Crippen molar-refractivity contribution in [2.75, 3.05) is 25.7 Å². The van der Waals surface area contributed by atoms with E-state index in [1.54, 1.807) is 56.7 Å². The van der Waals surface area contributed by atoms with Crippen LogP contribution in [0.2, 0.25) is 0 Å². The Hall–Kier alpha value is -4.37.